The predicted octanol–water partition coefficient (Wildman–Crippen LogP) is -0.0174. The monoisotopic (exact) mass is 288 g/mol. The average molecular weight is 288 g/mol. The Labute approximate surface area is 126 Å². The summed E-state index contributed by atoms with van der Waals surface area (Å²) >= 11 is 0. The van der Waals surface area contributed by atoms with E-state index < -0.39 is 0 Å². The highest BCUT2D eigenvalue weighted by Crippen LogP contribution is 2.06. The molecule has 0 saturated heterocycles. The van der Waals surface area contributed by atoms with Gasteiger partial charge in [0.05, 0.1) is 40.6 Å². The fraction of sp³-hybridized carbons (Fsp3) is 0.235. The number of allylic oxidation sites excluding steroid dienone is 4. The fourth-order valence-corrected chi connectivity index (χ4v) is 1.48. The van der Waals surface area contributed by atoms with Gasteiger partial charge in [-0.05, 0) is 24.3 Å². The van der Waals surface area contributed by atoms with E-state index >= 15 is 0 Å². The van der Waals surface area contributed by atoms with E-state index in [1.807, 2.05) is 64.9 Å². The van der Waals surface area contributed by atoms with Gasteiger partial charge in [0.25, 0.3) is 0 Å². The summed E-state index contributed by atoms with van der Waals surface area (Å²) in [6, 6.07) is 2.95. The van der Waals surface area contributed by atoms with Gasteiger partial charge in [-0.25, -0.2) is 0 Å². The summed E-state index contributed by atoms with van der Waals surface area (Å²) in [6.07, 6.45) is 15.1. The van der Waals surface area contributed by atoms with Crippen LogP contribution in [-0.2, 0) is 0 Å². The third-order valence-corrected chi connectivity index (χ3v) is 2.41. The third kappa shape index (κ3) is 7.87. The van der Waals surface area contributed by atoms with E-state index in [0.29, 0.717) is 11.5 Å². The van der Waals surface area contributed by atoms with Gasteiger partial charge in [0.1, 0.15) is 11.5 Å². The Hall–Kier alpha value is -2.17. The van der Waals surface area contributed by atoms with Gasteiger partial charge in [0.2, 0.25) is 0 Å². The molecular weight excluding hydrogens is 264 g/mol. The average Bonchev–Trinajstić information content (AvgIpc) is 2.39. The van der Waals surface area contributed by atoms with Gasteiger partial charge in [0, 0.05) is 12.1 Å². The van der Waals surface area contributed by atoms with Gasteiger partial charge in [-0.3, -0.25) is 4.79 Å². The van der Waals surface area contributed by atoms with Gasteiger partial charge in [-0.2, -0.15) is 0 Å². The molecule has 0 radical (unpaired) electrons. The van der Waals surface area contributed by atoms with E-state index in [2.05, 4.69) is 0 Å². The highest BCUT2D eigenvalue weighted by atomic mass is 16.3. The van der Waals surface area contributed by atoms with E-state index in [0.717, 1.165) is 0 Å². The Morgan fingerprint density at radius 3 is 1.62 bits per heavy atom. The molecule has 0 aliphatic rings. The summed E-state index contributed by atoms with van der Waals surface area (Å²) < 4.78 is 5.62. The van der Waals surface area contributed by atoms with Gasteiger partial charge in [0.15, 0.2) is 5.43 Å². The first-order valence-electron chi connectivity index (χ1n) is 6.92. The number of quaternary nitrogens is 2. The minimum atomic E-state index is -0.0648. The SMILES string of the molecule is C[NH+](C)/C=C/C=C/c1cc(=O)cc(/C=C/C=C/[NH+](C)C)o1. The lowest BCUT2D eigenvalue weighted by Gasteiger charge is -1.97. The highest BCUT2D eigenvalue weighted by Gasteiger charge is 1.96. The van der Waals surface area contributed by atoms with Crippen molar-refractivity contribution < 1.29 is 14.2 Å². The second-order valence-corrected chi connectivity index (χ2v) is 5.19. The van der Waals surface area contributed by atoms with Crippen molar-refractivity contribution in [2.75, 3.05) is 28.2 Å². The lowest BCUT2D eigenvalue weighted by molar-refractivity contribution is -0.801. The van der Waals surface area contributed by atoms with Crippen LogP contribution in [0.25, 0.3) is 12.2 Å². The van der Waals surface area contributed by atoms with Crippen LogP contribution in [0.4, 0.5) is 0 Å². The molecule has 1 heterocycles. The van der Waals surface area contributed by atoms with Crippen LogP contribution < -0.4 is 15.2 Å². The smallest absolute Gasteiger partial charge is 0.186 e. The molecule has 0 amide bonds. The Balaban J connectivity index is 2.83. The normalized spacial score (nSPS) is 13.0. The first kappa shape index (κ1) is 16.9. The van der Waals surface area contributed by atoms with Crippen LogP contribution in [-0.4, -0.2) is 28.2 Å². The Morgan fingerprint density at radius 2 is 1.24 bits per heavy atom. The molecule has 0 bridgehead atoms. The van der Waals surface area contributed by atoms with Crippen LogP contribution in [0.15, 0.2) is 58.0 Å². The van der Waals surface area contributed by atoms with Crippen molar-refractivity contribution in [1.29, 1.82) is 0 Å². The number of nitrogens with one attached hydrogen (secondary N) is 2. The Morgan fingerprint density at radius 1 is 0.810 bits per heavy atom. The maximum atomic E-state index is 11.6. The minimum absolute atomic E-state index is 0.0648. The quantitative estimate of drug-likeness (QED) is 0.722. The lowest BCUT2D eigenvalue weighted by atomic mass is 10.3. The molecule has 0 saturated carbocycles. The molecule has 2 N–H and O–H groups in total. The molecule has 0 atom stereocenters. The molecule has 0 unspecified atom stereocenters. The van der Waals surface area contributed by atoms with Crippen molar-refractivity contribution >= 4 is 12.2 Å². The molecule has 4 nitrogen and oxygen atoms in total. The molecule has 1 aromatic heterocycles. The van der Waals surface area contributed by atoms with E-state index in [1.54, 1.807) is 12.2 Å². The molecule has 112 valence electrons. The molecule has 1 rings (SSSR count). The molecule has 0 fully saturated rings. The molecule has 4 heteroatoms. The van der Waals surface area contributed by atoms with Crippen molar-refractivity contribution in [2.24, 2.45) is 0 Å². The largest absolute Gasteiger partial charge is 0.457 e. The van der Waals surface area contributed by atoms with Gasteiger partial charge < -0.3 is 14.2 Å². The zero-order valence-corrected chi connectivity index (χ0v) is 13.1. The summed E-state index contributed by atoms with van der Waals surface area (Å²) in [5.74, 6) is 1.09. The second-order valence-electron chi connectivity index (χ2n) is 5.19. The standard InChI is InChI=1S/C17H22N2O2/c1-18(2)11-7-5-9-16-13-15(20)14-17(21-16)10-6-8-12-19(3)4/h5-14H,1-4H3/p+2/b9-5+,10-6+,11-7+,12-8+. The second kappa shape index (κ2) is 8.89. The van der Waals surface area contributed by atoms with E-state index in [4.69, 9.17) is 4.42 Å². The van der Waals surface area contributed by atoms with E-state index in [9.17, 15) is 4.79 Å². The number of hydrogen-bond acceptors (Lipinski definition) is 2. The maximum Gasteiger partial charge on any atom is 0.186 e. The molecule has 0 aliphatic heterocycles. The highest BCUT2D eigenvalue weighted by molar-refractivity contribution is 5.49. The van der Waals surface area contributed by atoms with Crippen molar-refractivity contribution in [2.45, 2.75) is 0 Å². The summed E-state index contributed by atoms with van der Waals surface area (Å²) in [5.41, 5.74) is -0.0648. The van der Waals surface area contributed by atoms with Crippen molar-refractivity contribution in [3.8, 4) is 0 Å². The molecule has 1 aromatic rings. The van der Waals surface area contributed by atoms with Crippen LogP contribution in [0, 0.1) is 0 Å². The molecule has 21 heavy (non-hydrogen) atoms. The maximum absolute atomic E-state index is 11.6. The van der Waals surface area contributed by atoms with Crippen LogP contribution in [0.5, 0.6) is 0 Å². The van der Waals surface area contributed by atoms with Gasteiger partial charge >= 0.3 is 0 Å². The Kier molecular flexibility index (Phi) is 7.15. The number of hydrogen-bond donors (Lipinski definition) is 2. The molecular formula is C17H24N2O2+2. The minimum Gasteiger partial charge on any atom is -0.457 e. The third-order valence-electron chi connectivity index (χ3n) is 2.41. The molecule has 0 aromatic carbocycles. The Bertz CT molecular complexity index is 556. The van der Waals surface area contributed by atoms with E-state index in [1.165, 1.54) is 21.9 Å². The van der Waals surface area contributed by atoms with Gasteiger partial charge in [-0.15, -0.1) is 0 Å². The van der Waals surface area contributed by atoms with Crippen molar-refractivity contribution in [3.05, 3.63) is 70.6 Å². The summed E-state index contributed by atoms with van der Waals surface area (Å²) in [4.78, 5) is 14.1. The van der Waals surface area contributed by atoms with Crippen molar-refractivity contribution in [1.82, 2.24) is 0 Å². The first-order valence-corrected chi connectivity index (χ1v) is 6.92. The van der Waals surface area contributed by atoms with Crippen LogP contribution >= 0.6 is 0 Å². The summed E-state index contributed by atoms with van der Waals surface area (Å²) in [6.45, 7) is 0. The topological polar surface area (TPSA) is 39.1 Å². The zero-order chi connectivity index (χ0) is 15.7. The first-order chi connectivity index (χ1) is 9.97. The number of rotatable bonds is 6. The predicted molar refractivity (Wildman–Crippen MR) is 86.9 cm³/mol. The summed E-state index contributed by atoms with van der Waals surface area (Å²) in [7, 11) is 8.11. The van der Waals surface area contributed by atoms with E-state index in [-0.39, 0.29) is 5.43 Å². The molecule has 0 spiro atoms. The summed E-state index contributed by atoms with van der Waals surface area (Å²) in [5, 5.41) is 0. The molecule has 0 aliphatic carbocycles. The lowest BCUT2D eigenvalue weighted by Crippen LogP contribution is -3.00. The fourth-order valence-electron chi connectivity index (χ4n) is 1.48. The van der Waals surface area contributed by atoms with Crippen LogP contribution in [0.2, 0.25) is 0 Å². The zero-order valence-electron chi connectivity index (χ0n) is 13.1. The van der Waals surface area contributed by atoms with Crippen LogP contribution in [0.1, 0.15) is 11.5 Å². The van der Waals surface area contributed by atoms with Crippen molar-refractivity contribution in [3.63, 3.8) is 0 Å². The van der Waals surface area contributed by atoms with Crippen LogP contribution in [0.3, 0.4) is 0 Å². The van der Waals surface area contributed by atoms with Gasteiger partial charge in [-0.1, -0.05) is 12.2 Å².